The van der Waals surface area contributed by atoms with Crippen molar-refractivity contribution < 1.29 is 19.4 Å². The normalized spacial score (nSPS) is 11.4. The van der Waals surface area contributed by atoms with Gasteiger partial charge in [0.25, 0.3) is 0 Å². The van der Waals surface area contributed by atoms with Crippen LogP contribution in [0.1, 0.15) is 44.6 Å². The molecule has 0 bridgehead atoms. The van der Waals surface area contributed by atoms with Crippen LogP contribution in [-0.4, -0.2) is 28.9 Å². The quantitative estimate of drug-likeness (QED) is 0.263. The van der Waals surface area contributed by atoms with E-state index < -0.39 is 5.97 Å². The van der Waals surface area contributed by atoms with Crippen LogP contribution in [-0.2, 0) is 11.3 Å². The topological polar surface area (TPSA) is 60.7 Å². The molecule has 0 aliphatic heterocycles. The Balaban J connectivity index is 1.28. The van der Waals surface area contributed by atoms with Crippen molar-refractivity contribution in [1.29, 1.82) is 0 Å². The molecule has 1 N–H and O–H groups in total. The van der Waals surface area contributed by atoms with Crippen molar-refractivity contribution >= 4 is 27.8 Å². The van der Waals surface area contributed by atoms with E-state index in [1.165, 1.54) is 5.56 Å². The average Bonchev–Trinajstić information content (AvgIpc) is 3.11. The summed E-state index contributed by atoms with van der Waals surface area (Å²) in [6, 6.07) is 22.1. The minimum Gasteiger partial charge on any atom is -0.494 e. The summed E-state index contributed by atoms with van der Waals surface area (Å²) in [4.78, 5) is 11.4. The Hall–Kier alpha value is -3.47. The van der Waals surface area contributed by atoms with Crippen LogP contribution in [0.2, 0.25) is 0 Å². The first-order valence-electron chi connectivity index (χ1n) is 11.6. The molecule has 0 saturated carbocycles. The molecule has 0 saturated heterocycles. The summed E-state index contributed by atoms with van der Waals surface area (Å²) < 4.78 is 13.6. The van der Waals surface area contributed by atoms with Crippen LogP contribution in [0.25, 0.3) is 21.8 Å². The number of ether oxygens (including phenoxy) is 2. The number of unbranched alkanes of at least 4 members (excludes halogenated alkanes) is 2. The number of aliphatic carboxylic acids is 1. The number of carbonyl (C=O) groups is 1. The Bertz CT molecular complexity index is 1220. The molecule has 4 aromatic rings. The molecule has 5 heteroatoms. The number of hydrogen-bond acceptors (Lipinski definition) is 3. The first-order chi connectivity index (χ1) is 16.0. The van der Waals surface area contributed by atoms with Gasteiger partial charge in [-0.1, -0.05) is 44.2 Å². The highest BCUT2D eigenvalue weighted by Crippen LogP contribution is 2.31. The van der Waals surface area contributed by atoms with Crippen molar-refractivity contribution in [2.75, 3.05) is 13.2 Å². The van der Waals surface area contributed by atoms with Gasteiger partial charge in [0.15, 0.2) is 0 Å². The SMILES string of the molecule is CC(C)c1ccc(OCCCCCOc2ccc3c4ccccc4n(CC(=O)O)c3c2)cc1. The molecule has 0 aliphatic rings. The van der Waals surface area contributed by atoms with Crippen molar-refractivity contribution in [2.45, 2.75) is 45.6 Å². The zero-order valence-electron chi connectivity index (χ0n) is 19.3. The molecule has 1 aromatic heterocycles. The predicted octanol–water partition coefficient (Wildman–Crippen LogP) is 6.63. The Kier molecular flexibility index (Phi) is 7.18. The van der Waals surface area contributed by atoms with E-state index >= 15 is 0 Å². The lowest BCUT2D eigenvalue weighted by molar-refractivity contribution is -0.137. The molecule has 172 valence electrons. The third-order valence-corrected chi connectivity index (χ3v) is 5.91. The van der Waals surface area contributed by atoms with E-state index in [0.29, 0.717) is 19.1 Å². The minimum absolute atomic E-state index is 0.0757. The van der Waals surface area contributed by atoms with E-state index in [2.05, 4.69) is 26.0 Å². The maximum atomic E-state index is 11.4. The summed E-state index contributed by atoms with van der Waals surface area (Å²) in [6.07, 6.45) is 2.93. The Morgan fingerprint density at radius 2 is 1.45 bits per heavy atom. The molecule has 33 heavy (non-hydrogen) atoms. The van der Waals surface area contributed by atoms with Gasteiger partial charge < -0.3 is 19.1 Å². The molecule has 0 radical (unpaired) electrons. The van der Waals surface area contributed by atoms with Crippen molar-refractivity contribution in [3.05, 3.63) is 72.3 Å². The van der Waals surface area contributed by atoms with Gasteiger partial charge in [0, 0.05) is 22.4 Å². The highest BCUT2D eigenvalue weighted by Gasteiger charge is 2.13. The molecule has 4 rings (SSSR count). The number of benzene rings is 3. The second-order valence-electron chi connectivity index (χ2n) is 8.66. The van der Waals surface area contributed by atoms with E-state index in [1.807, 2.05) is 59.2 Å². The van der Waals surface area contributed by atoms with Crippen LogP contribution >= 0.6 is 0 Å². The average molecular weight is 446 g/mol. The fourth-order valence-corrected chi connectivity index (χ4v) is 4.13. The van der Waals surface area contributed by atoms with Crippen LogP contribution in [0, 0.1) is 0 Å². The molecule has 3 aromatic carbocycles. The van der Waals surface area contributed by atoms with E-state index in [1.54, 1.807) is 0 Å². The van der Waals surface area contributed by atoms with Crippen LogP contribution < -0.4 is 9.47 Å². The molecule has 1 heterocycles. The maximum Gasteiger partial charge on any atom is 0.323 e. The first-order valence-corrected chi connectivity index (χ1v) is 11.6. The van der Waals surface area contributed by atoms with Crippen LogP contribution in [0.15, 0.2) is 66.7 Å². The summed E-state index contributed by atoms with van der Waals surface area (Å²) in [5, 5.41) is 11.5. The van der Waals surface area contributed by atoms with Gasteiger partial charge in [0.1, 0.15) is 18.0 Å². The molecule has 0 spiro atoms. The standard InChI is InChI=1S/C28H31NO4/c1-20(2)21-10-12-22(13-11-21)32-16-6-3-7-17-33-23-14-15-25-24-8-4-5-9-26(24)29(19-28(30)31)27(25)18-23/h4-5,8-15,18,20H,3,6-7,16-17,19H2,1-2H3,(H,30,31). The van der Waals surface area contributed by atoms with Crippen molar-refractivity contribution in [3.63, 3.8) is 0 Å². The number of fused-ring (bicyclic) bond motifs is 3. The number of hydrogen-bond donors (Lipinski definition) is 1. The van der Waals surface area contributed by atoms with E-state index in [-0.39, 0.29) is 6.54 Å². The Labute approximate surface area is 194 Å². The third kappa shape index (κ3) is 5.48. The third-order valence-electron chi connectivity index (χ3n) is 5.91. The lowest BCUT2D eigenvalue weighted by atomic mass is 10.0. The lowest BCUT2D eigenvalue weighted by Crippen LogP contribution is -2.08. The largest absolute Gasteiger partial charge is 0.494 e. The van der Waals surface area contributed by atoms with Gasteiger partial charge in [0.2, 0.25) is 0 Å². The summed E-state index contributed by atoms with van der Waals surface area (Å²) in [5.41, 5.74) is 3.12. The Morgan fingerprint density at radius 3 is 2.15 bits per heavy atom. The second kappa shape index (κ2) is 10.4. The minimum atomic E-state index is -0.859. The number of aromatic nitrogens is 1. The van der Waals surface area contributed by atoms with Gasteiger partial charge >= 0.3 is 5.97 Å². The molecular formula is C28H31NO4. The van der Waals surface area contributed by atoms with Gasteiger partial charge in [0.05, 0.1) is 18.7 Å². The highest BCUT2D eigenvalue weighted by molar-refractivity contribution is 6.08. The van der Waals surface area contributed by atoms with Crippen LogP contribution in [0.5, 0.6) is 11.5 Å². The molecule has 0 aliphatic carbocycles. The fraction of sp³-hybridized carbons (Fsp3) is 0.321. The number of carboxylic acids is 1. The van der Waals surface area contributed by atoms with Gasteiger partial charge in [-0.2, -0.15) is 0 Å². The van der Waals surface area contributed by atoms with Gasteiger partial charge in [-0.3, -0.25) is 4.79 Å². The molecular weight excluding hydrogens is 414 g/mol. The first kappa shape index (κ1) is 22.7. The van der Waals surface area contributed by atoms with E-state index in [9.17, 15) is 9.90 Å². The second-order valence-corrected chi connectivity index (χ2v) is 8.66. The molecule has 0 unspecified atom stereocenters. The van der Waals surface area contributed by atoms with E-state index in [4.69, 9.17) is 9.47 Å². The lowest BCUT2D eigenvalue weighted by Gasteiger charge is -2.10. The number of carboxylic acid groups (broad SMARTS) is 1. The van der Waals surface area contributed by atoms with Gasteiger partial charge in [-0.25, -0.2) is 0 Å². The molecule has 0 fully saturated rings. The van der Waals surface area contributed by atoms with Crippen molar-refractivity contribution in [2.24, 2.45) is 0 Å². The summed E-state index contributed by atoms with van der Waals surface area (Å²) >= 11 is 0. The van der Waals surface area contributed by atoms with Crippen molar-refractivity contribution in [3.8, 4) is 11.5 Å². The number of nitrogens with zero attached hydrogens (tertiary/aromatic N) is 1. The Morgan fingerprint density at radius 1 is 0.818 bits per heavy atom. The molecule has 5 nitrogen and oxygen atoms in total. The molecule has 0 atom stereocenters. The summed E-state index contributed by atoms with van der Waals surface area (Å²) in [6.45, 7) is 5.61. The monoisotopic (exact) mass is 445 g/mol. The van der Waals surface area contributed by atoms with Crippen LogP contribution in [0.4, 0.5) is 0 Å². The maximum absolute atomic E-state index is 11.4. The van der Waals surface area contributed by atoms with Gasteiger partial charge in [-0.15, -0.1) is 0 Å². The van der Waals surface area contributed by atoms with Gasteiger partial charge in [-0.05, 0) is 61.1 Å². The predicted molar refractivity (Wildman–Crippen MR) is 132 cm³/mol. The number of para-hydroxylation sites is 1. The summed E-state index contributed by atoms with van der Waals surface area (Å²) in [5.74, 6) is 1.35. The zero-order chi connectivity index (χ0) is 23.2. The smallest absolute Gasteiger partial charge is 0.323 e. The fourth-order valence-electron chi connectivity index (χ4n) is 4.13. The van der Waals surface area contributed by atoms with E-state index in [0.717, 1.165) is 52.6 Å². The zero-order valence-corrected chi connectivity index (χ0v) is 19.3. The number of rotatable bonds is 11. The van der Waals surface area contributed by atoms with Crippen molar-refractivity contribution in [1.82, 2.24) is 4.57 Å². The summed E-state index contributed by atoms with van der Waals surface area (Å²) in [7, 11) is 0. The molecule has 0 amide bonds. The van der Waals surface area contributed by atoms with Crippen LogP contribution in [0.3, 0.4) is 0 Å². The highest BCUT2D eigenvalue weighted by atomic mass is 16.5.